The average molecular weight is 383 g/mol. The van der Waals surface area contributed by atoms with E-state index in [-0.39, 0.29) is 11.9 Å². The molecule has 150 valence electrons. The molecule has 0 bridgehead atoms. The summed E-state index contributed by atoms with van der Waals surface area (Å²) in [6.45, 7) is 3.77. The SMILES string of the molecule is COC(=O)C(C)Cc1ccc(-c2c(OC)cccc2OC)c2c1CCN(C)C2. The highest BCUT2D eigenvalue weighted by Gasteiger charge is 2.25. The van der Waals surface area contributed by atoms with E-state index in [9.17, 15) is 4.79 Å². The predicted molar refractivity (Wildman–Crippen MR) is 110 cm³/mol. The molecule has 1 atom stereocenters. The summed E-state index contributed by atoms with van der Waals surface area (Å²) >= 11 is 0. The number of esters is 1. The van der Waals surface area contributed by atoms with Gasteiger partial charge in [-0.2, -0.15) is 0 Å². The molecule has 0 saturated carbocycles. The van der Waals surface area contributed by atoms with Crippen molar-refractivity contribution >= 4 is 5.97 Å². The zero-order valence-electron chi connectivity index (χ0n) is 17.4. The van der Waals surface area contributed by atoms with Crippen molar-refractivity contribution in [2.75, 3.05) is 34.9 Å². The summed E-state index contributed by atoms with van der Waals surface area (Å²) in [5.41, 5.74) is 5.95. The monoisotopic (exact) mass is 383 g/mol. The maximum Gasteiger partial charge on any atom is 0.308 e. The van der Waals surface area contributed by atoms with Crippen molar-refractivity contribution in [2.24, 2.45) is 5.92 Å². The highest BCUT2D eigenvalue weighted by Crippen LogP contribution is 2.42. The first-order valence-electron chi connectivity index (χ1n) is 9.61. The Hall–Kier alpha value is -2.53. The van der Waals surface area contributed by atoms with Crippen molar-refractivity contribution in [3.05, 3.63) is 47.0 Å². The maximum absolute atomic E-state index is 11.9. The molecule has 5 nitrogen and oxygen atoms in total. The summed E-state index contributed by atoms with van der Waals surface area (Å²) in [5, 5.41) is 0. The van der Waals surface area contributed by atoms with E-state index in [1.807, 2.05) is 25.1 Å². The number of nitrogens with zero attached hydrogens (tertiary/aromatic N) is 1. The van der Waals surface area contributed by atoms with Crippen molar-refractivity contribution < 1.29 is 19.0 Å². The van der Waals surface area contributed by atoms with E-state index in [1.54, 1.807) is 14.2 Å². The molecule has 2 aromatic carbocycles. The van der Waals surface area contributed by atoms with Crippen LogP contribution in [-0.2, 0) is 28.9 Å². The largest absolute Gasteiger partial charge is 0.496 e. The van der Waals surface area contributed by atoms with Gasteiger partial charge in [0.25, 0.3) is 0 Å². The second kappa shape index (κ2) is 8.65. The smallest absolute Gasteiger partial charge is 0.308 e. The van der Waals surface area contributed by atoms with Gasteiger partial charge >= 0.3 is 5.97 Å². The Labute approximate surface area is 167 Å². The van der Waals surface area contributed by atoms with Crippen LogP contribution in [0.25, 0.3) is 11.1 Å². The topological polar surface area (TPSA) is 48.0 Å². The number of ether oxygens (including phenoxy) is 3. The van der Waals surface area contributed by atoms with E-state index in [1.165, 1.54) is 23.8 Å². The highest BCUT2D eigenvalue weighted by molar-refractivity contribution is 5.81. The molecule has 0 fully saturated rings. The van der Waals surface area contributed by atoms with E-state index >= 15 is 0 Å². The number of hydrogen-bond acceptors (Lipinski definition) is 5. The molecule has 5 heteroatoms. The van der Waals surface area contributed by atoms with Crippen LogP contribution in [0, 0.1) is 5.92 Å². The molecule has 0 aromatic heterocycles. The van der Waals surface area contributed by atoms with E-state index in [0.717, 1.165) is 42.1 Å². The second-order valence-corrected chi connectivity index (χ2v) is 7.38. The van der Waals surface area contributed by atoms with Gasteiger partial charge in [0.2, 0.25) is 0 Å². The summed E-state index contributed by atoms with van der Waals surface area (Å²) in [5.74, 6) is 1.26. The van der Waals surface area contributed by atoms with Gasteiger partial charge < -0.3 is 19.1 Å². The van der Waals surface area contributed by atoms with Crippen LogP contribution in [0.2, 0.25) is 0 Å². The van der Waals surface area contributed by atoms with Gasteiger partial charge in [-0.3, -0.25) is 4.79 Å². The van der Waals surface area contributed by atoms with Gasteiger partial charge in [0.1, 0.15) is 11.5 Å². The molecule has 0 radical (unpaired) electrons. The maximum atomic E-state index is 11.9. The van der Waals surface area contributed by atoms with E-state index < -0.39 is 0 Å². The third-order valence-electron chi connectivity index (χ3n) is 5.53. The van der Waals surface area contributed by atoms with Crippen molar-refractivity contribution in [1.29, 1.82) is 0 Å². The molecule has 1 aliphatic heterocycles. The Balaban J connectivity index is 2.14. The molecule has 0 N–H and O–H groups in total. The number of hydrogen-bond donors (Lipinski definition) is 0. The minimum atomic E-state index is -0.169. The number of rotatable bonds is 6. The van der Waals surface area contributed by atoms with Gasteiger partial charge in [0.05, 0.1) is 32.8 Å². The van der Waals surface area contributed by atoms with Crippen LogP contribution < -0.4 is 9.47 Å². The zero-order valence-corrected chi connectivity index (χ0v) is 17.4. The molecule has 1 aliphatic rings. The van der Waals surface area contributed by atoms with Crippen LogP contribution in [0.15, 0.2) is 30.3 Å². The molecular weight excluding hydrogens is 354 g/mol. The Kier molecular flexibility index (Phi) is 6.25. The Morgan fingerprint density at radius 1 is 1.07 bits per heavy atom. The summed E-state index contributed by atoms with van der Waals surface area (Å²) in [6, 6.07) is 10.1. The van der Waals surface area contributed by atoms with E-state index in [2.05, 4.69) is 24.1 Å². The quantitative estimate of drug-likeness (QED) is 0.712. The number of fused-ring (bicyclic) bond motifs is 1. The standard InChI is InChI=1S/C23H29NO4/c1-15(23(25)28-5)13-16-9-10-18(19-14-24(2)12-11-17(16)19)22-20(26-3)7-6-8-21(22)27-4/h6-10,15H,11-14H2,1-5H3. The Bertz CT molecular complexity index is 840. The lowest BCUT2D eigenvalue weighted by molar-refractivity contribution is -0.144. The van der Waals surface area contributed by atoms with Gasteiger partial charge in [-0.25, -0.2) is 0 Å². The van der Waals surface area contributed by atoms with Gasteiger partial charge in [0.15, 0.2) is 0 Å². The van der Waals surface area contributed by atoms with Gasteiger partial charge in [-0.05, 0) is 54.3 Å². The lowest BCUT2D eigenvalue weighted by Gasteiger charge is -2.30. The third-order valence-corrected chi connectivity index (χ3v) is 5.53. The molecule has 0 amide bonds. The first kappa shape index (κ1) is 20.2. The predicted octanol–water partition coefficient (Wildman–Crippen LogP) is 3.71. The fourth-order valence-electron chi connectivity index (χ4n) is 4.04. The number of benzene rings is 2. The van der Waals surface area contributed by atoms with E-state index in [4.69, 9.17) is 14.2 Å². The van der Waals surface area contributed by atoms with Crippen LogP contribution in [0.3, 0.4) is 0 Å². The van der Waals surface area contributed by atoms with Crippen molar-refractivity contribution in [3.8, 4) is 22.6 Å². The molecule has 3 rings (SSSR count). The fourth-order valence-corrected chi connectivity index (χ4v) is 4.04. The molecule has 0 saturated heterocycles. The average Bonchev–Trinajstić information content (AvgIpc) is 2.72. The Morgan fingerprint density at radius 3 is 2.36 bits per heavy atom. The molecule has 1 unspecified atom stereocenters. The zero-order chi connectivity index (χ0) is 20.3. The summed E-state index contributed by atoms with van der Waals surface area (Å²) < 4.78 is 16.2. The van der Waals surface area contributed by atoms with Crippen LogP contribution >= 0.6 is 0 Å². The van der Waals surface area contributed by atoms with Crippen LogP contribution in [0.5, 0.6) is 11.5 Å². The van der Waals surface area contributed by atoms with Gasteiger partial charge in [0, 0.05) is 13.1 Å². The van der Waals surface area contributed by atoms with Gasteiger partial charge in [-0.1, -0.05) is 25.1 Å². The minimum Gasteiger partial charge on any atom is -0.496 e. The summed E-state index contributed by atoms with van der Waals surface area (Å²) in [6.07, 6.45) is 1.64. The van der Waals surface area contributed by atoms with Gasteiger partial charge in [-0.15, -0.1) is 0 Å². The number of carbonyl (C=O) groups excluding carboxylic acids is 1. The fraction of sp³-hybridized carbons (Fsp3) is 0.435. The first-order valence-corrected chi connectivity index (χ1v) is 9.61. The van der Waals surface area contributed by atoms with Crippen molar-refractivity contribution in [2.45, 2.75) is 26.3 Å². The van der Waals surface area contributed by atoms with Crippen molar-refractivity contribution in [3.63, 3.8) is 0 Å². The Morgan fingerprint density at radius 2 is 1.75 bits per heavy atom. The molecule has 28 heavy (non-hydrogen) atoms. The normalized spacial score (nSPS) is 14.9. The molecular formula is C23H29NO4. The summed E-state index contributed by atoms with van der Waals surface area (Å²) in [4.78, 5) is 14.2. The third kappa shape index (κ3) is 3.85. The number of methoxy groups -OCH3 is 3. The van der Waals surface area contributed by atoms with Crippen LogP contribution in [0.1, 0.15) is 23.6 Å². The lowest BCUT2D eigenvalue weighted by Crippen LogP contribution is -2.28. The lowest BCUT2D eigenvalue weighted by atomic mass is 9.84. The molecule has 0 aliphatic carbocycles. The highest BCUT2D eigenvalue weighted by atomic mass is 16.5. The molecule has 1 heterocycles. The molecule has 2 aromatic rings. The van der Waals surface area contributed by atoms with Crippen LogP contribution in [-0.4, -0.2) is 45.8 Å². The minimum absolute atomic E-state index is 0.166. The number of likely N-dealkylation sites (N-methyl/N-ethyl adjacent to an activating group) is 1. The van der Waals surface area contributed by atoms with Crippen molar-refractivity contribution in [1.82, 2.24) is 4.90 Å². The number of carbonyl (C=O) groups is 1. The second-order valence-electron chi connectivity index (χ2n) is 7.38. The van der Waals surface area contributed by atoms with Crippen LogP contribution in [0.4, 0.5) is 0 Å². The summed E-state index contributed by atoms with van der Waals surface area (Å²) in [7, 11) is 6.95. The van der Waals surface area contributed by atoms with E-state index in [0.29, 0.717) is 6.42 Å². The first-order chi connectivity index (χ1) is 13.5. The molecule has 0 spiro atoms.